The third kappa shape index (κ3) is 2.74. The minimum atomic E-state index is 0.665. The van der Waals surface area contributed by atoms with E-state index in [1.165, 1.54) is 6.33 Å². The van der Waals surface area contributed by atoms with Crippen molar-refractivity contribution in [3.05, 3.63) is 30.1 Å². The van der Waals surface area contributed by atoms with Crippen molar-refractivity contribution in [3.8, 4) is 11.5 Å². The molecule has 1 heterocycles. The van der Waals surface area contributed by atoms with E-state index >= 15 is 0 Å². The van der Waals surface area contributed by atoms with Gasteiger partial charge in [-0.1, -0.05) is 0 Å². The number of anilines is 3. The van der Waals surface area contributed by atoms with Crippen molar-refractivity contribution in [2.24, 2.45) is 0 Å². The Kier molecular flexibility index (Phi) is 4.24. The van der Waals surface area contributed by atoms with Crippen molar-refractivity contribution in [2.75, 3.05) is 31.9 Å². The fourth-order valence-electron chi connectivity index (χ4n) is 1.88. The molecule has 0 spiro atoms. The van der Waals surface area contributed by atoms with Gasteiger partial charge in [-0.25, -0.2) is 9.97 Å². The Morgan fingerprint density at radius 3 is 2.35 bits per heavy atom. The molecule has 0 saturated carbocycles. The summed E-state index contributed by atoms with van der Waals surface area (Å²) < 4.78 is 10.5. The molecule has 106 valence electrons. The first-order valence-electron chi connectivity index (χ1n) is 6.18. The fourth-order valence-corrected chi connectivity index (χ4v) is 1.88. The van der Waals surface area contributed by atoms with Crippen molar-refractivity contribution >= 4 is 17.3 Å². The largest absolute Gasteiger partial charge is 0.493 e. The van der Waals surface area contributed by atoms with Crippen LogP contribution in [0.4, 0.5) is 17.3 Å². The van der Waals surface area contributed by atoms with Crippen LogP contribution < -0.4 is 20.1 Å². The van der Waals surface area contributed by atoms with Gasteiger partial charge in [0.15, 0.2) is 11.5 Å². The summed E-state index contributed by atoms with van der Waals surface area (Å²) in [6, 6.07) is 5.61. The van der Waals surface area contributed by atoms with Gasteiger partial charge in [0.05, 0.1) is 14.2 Å². The van der Waals surface area contributed by atoms with Crippen molar-refractivity contribution < 1.29 is 9.47 Å². The van der Waals surface area contributed by atoms with Gasteiger partial charge in [0.1, 0.15) is 18.0 Å². The molecular weight excluding hydrogens is 256 g/mol. The Labute approximate surface area is 118 Å². The number of methoxy groups -OCH3 is 2. The van der Waals surface area contributed by atoms with Crippen LogP contribution in [-0.2, 0) is 0 Å². The van der Waals surface area contributed by atoms with Gasteiger partial charge in [-0.15, -0.1) is 0 Å². The Balaban J connectivity index is 2.30. The van der Waals surface area contributed by atoms with Gasteiger partial charge >= 0.3 is 0 Å². The first-order chi connectivity index (χ1) is 9.69. The minimum absolute atomic E-state index is 0.665. The number of benzene rings is 1. The minimum Gasteiger partial charge on any atom is -0.493 e. The molecule has 0 aliphatic carbocycles. The molecule has 0 atom stereocenters. The second-order valence-electron chi connectivity index (χ2n) is 4.14. The van der Waals surface area contributed by atoms with Crippen LogP contribution in [0, 0.1) is 6.92 Å². The number of ether oxygens (including phenoxy) is 2. The zero-order chi connectivity index (χ0) is 14.5. The molecule has 0 aliphatic rings. The smallest absolute Gasteiger partial charge is 0.162 e. The number of nitrogens with one attached hydrogen (secondary N) is 2. The third-order valence-corrected chi connectivity index (χ3v) is 2.97. The van der Waals surface area contributed by atoms with Crippen LogP contribution in [-0.4, -0.2) is 31.2 Å². The molecule has 2 rings (SSSR count). The maximum Gasteiger partial charge on any atom is 0.162 e. The first-order valence-corrected chi connectivity index (χ1v) is 6.18. The fraction of sp³-hybridized carbons (Fsp3) is 0.286. The zero-order valence-electron chi connectivity index (χ0n) is 12.0. The van der Waals surface area contributed by atoms with Crippen LogP contribution in [0.3, 0.4) is 0 Å². The number of hydrogen-bond acceptors (Lipinski definition) is 6. The van der Waals surface area contributed by atoms with Gasteiger partial charge in [-0.05, 0) is 19.1 Å². The standard InChI is InChI=1S/C14H18N4O2/c1-9-13(15-2)16-8-17-14(9)18-10-5-6-11(19-3)12(7-10)20-4/h5-8H,1-4H3,(H2,15,16,17,18). The third-order valence-electron chi connectivity index (χ3n) is 2.97. The highest BCUT2D eigenvalue weighted by Crippen LogP contribution is 2.31. The van der Waals surface area contributed by atoms with Gasteiger partial charge in [-0.3, -0.25) is 0 Å². The van der Waals surface area contributed by atoms with Gasteiger partial charge < -0.3 is 20.1 Å². The summed E-state index contributed by atoms with van der Waals surface area (Å²) in [6.07, 6.45) is 1.52. The van der Waals surface area contributed by atoms with Crippen LogP contribution in [0.1, 0.15) is 5.56 Å². The average Bonchev–Trinajstić information content (AvgIpc) is 2.49. The molecular formula is C14H18N4O2. The van der Waals surface area contributed by atoms with Crippen molar-refractivity contribution in [3.63, 3.8) is 0 Å². The number of rotatable bonds is 5. The summed E-state index contributed by atoms with van der Waals surface area (Å²) in [5.41, 5.74) is 1.82. The van der Waals surface area contributed by atoms with E-state index in [2.05, 4.69) is 20.6 Å². The maximum atomic E-state index is 5.28. The summed E-state index contributed by atoms with van der Waals surface area (Å²) in [5.74, 6) is 2.89. The van der Waals surface area contributed by atoms with E-state index in [1.807, 2.05) is 32.2 Å². The molecule has 0 bridgehead atoms. The van der Waals surface area contributed by atoms with E-state index in [1.54, 1.807) is 14.2 Å². The van der Waals surface area contributed by atoms with Crippen molar-refractivity contribution in [1.29, 1.82) is 0 Å². The SMILES string of the molecule is CNc1ncnc(Nc2ccc(OC)c(OC)c2)c1C. The van der Waals surface area contributed by atoms with Crippen LogP contribution in [0.5, 0.6) is 11.5 Å². The monoisotopic (exact) mass is 274 g/mol. The van der Waals surface area contributed by atoms with E-state index in [-0.39, 0.29) is 0 Å². The molecule has 0 amide bonds. The van der Waals surface area contributed by atoms with Gasteiger partial charge in [0.2, 0.25) is 0 Å². The molecule has 0 saturated heterocycles. The summed E-state index contributed by atoms with van der Waals surface area (Å²) in [6.45, 7) is 1.95. The predicted molar refractivity (Wildman–Crippen MR) is 79.1 cm³/mol. The average molecular weight is 274 g/mol. The van der Waals surface area contributed by atoms with Crippen molar-refractivity contribution in [2.45, 2.75) is 6.92 Å². The molecule has 6 heteroatoms. The first kappa shape index (κ1) is 13.9. The summed E-state index contributed by atoms with van der Waals surface area (Å²) in [4.78, 5) is 8.40. The highest BCUT2D eigenvalue weighted by molar-refractivity contribution is 5.66. The molecule has 2 N–H and O–H groups in total. The molecule has 0 aliphatic heterocycles. The summed E-state index contributed by atoms with van der Waals surface area (Å²) in [7, 11) is 5.05. The summed E-state index contributed by atoms with van der Waals surface area (Å²) >= 11 is 0. The summed E-state index contributed by atoms with van der Waals surface area (Å²) in [5, 5.41) is 6.27. The number of aromatic nitrogens is 2. The Hall–Kier alpha value is -2.50. The topological polar surface area (TPSA) is 68.3 Å². The van der Waals surface area contributed by atoms with E-state index in [0.29, 0.717) is 11.5 Å². The van der Waals surface area contributed by atoms with Gasteiger partial charge in [-0.2, -0.15) is 0 Å². The van der Waals surface area contributed by atoms with Gasteiger partial charge in [0, 0.05) is 24.4 Å². The van der Waals surface area contributed by atoms with Gasteiger partial charge in [0.25, 0.3) is 0 Å². The lowest BCUT2D eigenvalue weighted by atomic mass is 10.2. The van der Waals surface area contributed by atoms with E-state index in [9.17, 15) is 0 Å². The molecule has 2 aromatic rings. The Morgan fingerprint density at radius 2 is 1.70 bits per heavy atom. The van der Waals surface area contributed by atoms with E-state index in [4.69, 9.17) is 9.47 Å². The molecule has 1 aromatic carbocycles. The van der Waals surface area contributed by atoms with Crippen LogP contribution in [0.25, 0.3) is 0 Å². The Bertz CT molecular complexity index is 602. The maximum absolute atomic E-state index is 5.28. The van der Waals surface area contributed by atoms with E-state index < -0.39 is 0 Å². The second kappa shape index (κ2) is 6.10. The lowest BCUT2D eigenvalue weighted by molar-refractivity contribution is 0.355. The lowest BCUT2D eigenvalue weighted by Gasteiger charge is -2.13. The Morgan fingerprint density at radius 1 is 1.00 bits per heavy atom. The quantitative estimate of drug-likeness (QED) is 0.873. The molecule has 0 radical (unpaired) electrons. The van der Waals surface area contributed by atoms with Crippen molar-refractivity contribution in [1.82, 2.24) is 9.97 Å². The van der Waals surface area contributed by atoms with Crippen LogP contribution >= 0.6 is 0 Å². The normalized spacial score (nSPS) is 10.0. The highest BCUT2D eigenvalue weighted by atomic mass is 16.5. The molecule has 6 nitrogen and oxygen atoms in total. The predicted octanol–water partition coefficient (Wildman–Crippen LogP) is 2.59. The molecule has 0 unspecified atom stereocenters. The number of nitrogens with zero attached hydrogens (tertiary/aromatic N) is 2. The molecule has 20 heavy (non-hydrogen) atoms. The number of hydrogen-bond donors (Lipinski definition) is 2. The molecule has 1 aromatic heterocycles. The van der Waals surface area contributed by atoms with Crippen LogP contribution in [0.2, 0.25) is 0 Å². The van der Waals surface area contributed by atoms with E-state index in [0.717, 1.165) is 22.9 Å². The zero-order valence-corrected chi connectivity index (χ0v) is 12.0. The second-order valence-corrected chi connectivity index (χ2v) is 4.14. The van der Waals surface area contributed by atoms with Crippen LogP contribution in [0.15, 0.2) is 24.5 Å². The molecule has 0 fully saturated rings. The highest BCUT2D eigenvalue weighted by Gasteiger charge is 2.08. The lowest BCUT2D eigenvalue weighted by Crippen LogP contribution is -2.02.